The minimum absolute atomic E-state index is 0.129. The molecule has 3 heteroatoms. The molecule has 80 valence electrons. The number of aryl methyl sites for hydroxylation is 1. The number of nitrogens with one attached hydrogen (secondary N) is 2. The predicted octanol–water partition coefficient (Wildman–Crippen LogP) is 1.54. The number of rotatable bonds is 2. The van der Waals surface area contributed by atoms with Crippen molar-refractivity contribution in [2.45, 2.75) is 13.3 Å². The number of anilines is 1. The average molecular weight is 204 g/mol. The third kappa shape index (κ3) is 2.36. The number of hydrogen-bond donors (Lipinski definition) is 2. The van der Waals surface area contributed by atoms with Gasteiger partial charge in [0.15, 0.2) is 0 Å². The smallest absolute Gasteiger partial charge is 0.228 e. The van der Waals surface area contributed by atoms with Crippen LogP contribution in [0.25, 0.3) is 0 Å². The van der Waals surface area contributed by atoms with Gasteiger partial charge in [0.1, 0.15) is 0 Å². The van der Waals surface area contributed by atoms with Crippen LogP contribution < -0.4 is 10.6 Å². The van der Waals surface area contributed by atoms with E-state index in [9.17, 15) is 4.79 Å². The summed E-state index contributed by atoms with van der Waals surface area (Å²) in [5, 5.41) is 6.17. The molecule has 1 saturated heterocycles. The van der Waals surface area contributed by atoms with Crippen LogP contribution in [0.1, 0.15) is 12.0 Å². The highest BCUT2D eigenvalue weighted by atomic mass is 16.1. The Balaban J connectivity index is 2.02. The van der Waals surface area contributed by atoms with Crippen LogP contribution in [0, 0.1) is 12.8 Å². The Morgan fingerprint density at radius 2 is 2.27 bits per heavy atom. The summed E-state index contributed by atoms with van der Waals surface area (Å²) in [5.74, 6) is 0.263. The molecule has 1 heterocycles. The Morgan fingerprint density at radius 3 is 2.93 bits per heavy atom. The zero-order valence-corrected chi connectivity index (χ0v) is 8.92. The van der Waals surface area contributed by atoms with Crippen LogP contribution in [0.4, 0.5) is 5.69 Å². The molecular formula is C12H16N2O. The number of amides is 1. The molecule has 2 rings (SSSR count). The summed E-state index contributed by atoms with van der Waals surface area (Å²) in [7, 11) is 0. The number of carbonyl (C=O) groups is 1. The van der Waals surface area contributed by atoms with E-state index in [1.807, 2.05) is 31.2 Å². The van der Waals surface area contributed by atoms with Crippen molar-refractivity contribution in [3.63, 3.8) is 0 Å². The number of para-hydroxylation sites is 1. The maximum Gasteiger partial charge on any atom is 0.228 e. The highest BCUT2D eigenvalue weighted by Crippen LogP contribution is 2.16. The van der Waals surface area contributed by atoms with E-state index in [1.54, 1.807) is 0 Å². The van der Waals surface area contributed by atoms with Crippen molar-refractivity contribution in [1.82, 2.24) is 5.32 Å². The third-order valence-corrected chi connectivity index (χ3v) is 2.83. The highest BCUT2D eigenvalue weighted by Gasteiger charge is 2.22. The Morgan fingerprint density at radius 1 is 1.47 bits per heavy atom. The molecule has 3 nitrogen and oxygen atoms in total. The number of hydrogen-bond acceptors (Lipinski definition) is 2. The maximum atomic E-state index is 11.8. The minimum atomic E-state index is 0.129. The Bertz CT molecular complexity index is 356. The molecule has 0 bridgehead atoms. The fourth-order valence-electron chi connectivity index (χ4n) is 1.83. The average Bonchev–Trinajstić information content (AvgIpc) is 2.74. The molecule has 1 fully saturated rings. The third-order valence-electron chi connectivity index (χ3n) is 2.83. The lowest BCUT2D eigenvalue weighted by molar-refractivity contribution is -0.119. The molecule has 2 N–H and O–H groups in total. The van der Waals surface area contributed by atoms with Crippen molar-refractivity contribution in [3.05, 3.63) is 29.8 Å². The molecule has 15 heavy (non-hydrogen) atoms. The van der Waals surface area contributed by atoms with E-state index in [1.165, 1.54) is 0 Å². The van der Waals surface area contributed by atoms with Crippen molar-refractivity contribution in [1.29, 1.82) is 0 Å². The first kappa shape index (κ1) is 10.2. The highest BCUT2D eigenvalue weighted by molar-refractivity contribution is 5.93. The second-order valence-corrected chi connectivity index (χ2v) is 3.99. The van der Waals surface area contributed by atoms with Gasteiger partial charge in [0.2, 0.25) is 5.91 Å². The normalized spacial score (nSPS) is 20.2. The molecule has 0 spiro atoms. The SMILES string of the molecule is Cc1ccccc1NC(=O)C1CCNC1. The molecule has 0 saturated carbocycles. The van der Waals surface area contributed by atoms with Gasteiger partial charge < -0.3 is 10.6 Å². The number of benzene rings is 1. The molecule has 1 unspecified atom stereocenters. The topological polar surface area (TPSA) is 41.1 Å². The van der Waals surface area contributed by atoms with E-state index in [0.29, 0.717) is 0 Å². The largest absolute Gasteiger partial charge is 0.326 e. The second-order valence-electron chi connectivity index (χ2n) is 3.99. The van der Waals surface area contributed by atoms with Gasteiger partial charge in [0, 0.05) is 12.2 Å². The second kappa shape index (κ2) is 4.45. The zero-order chi connectivity index (χ0) is 10.7. The quantitative estimate of drug-likeness (QED) is 0.767. The standard InChI is InChI=1S/C12H16N2O/c1-9-4-2-3-5-11(9)14-12(15)10-6-7-13-8-10/h2-5,10,13H,6-8H2,1H3,(H,14,15). The van der Waals surface area contributed by atoms with Gasteiger partial charge in [-0.1, -0.05) is 18.2 Å². The van der Waals surface area contributed by atoms with Crippen LogP contribution >= 0.6 is 0 Å². The van der Waals surface area contributed by atoms with Crippen molar-refractivity contribution in [3.8, 4) is 0 Å². The lowest BCUT2D eigenvalue weighted by Crippen LogP contribution is -2.24. The first-order chi connectivity index (χ1) is 7.27. The summed E-state index contributed by atoms with van der Waals surface area (Å²) in [6.07, 6.45) is 0.942. The van der Waals surface area contributed by atoms with Crippen LogP contribution in [0.3, 0.4) is 0 Å². The molecule has 0 radical (unpaired) electrons. The van der Waals surface area contributed by atoms with Crippen LogP contribution in [-0.4, -0.2) is 19.0 Å². The molecule has 0 aliphatic carbocycles. The van der Waals surface area contributed by atoms with Crippen molar-refractivity contribution in [2.24, 2.45) is 5.92 Å². The Kier molecular flexibility index (Phi) is 3.02. The fourth-order valence-corrected chi connectivity index (χ4v) is 1.83. The minimum Gasteiger partial charge on any atom is -0.326 e. The van der Waals surface area contributed by atoms with Crippen LogP contribution in [0.15, 0.2) is 24.3 Å². The molecule has 1 aromatic carbocycles. The van der Waals surface area contributed by atoms with E-state index >= 15 is 0 Å². The monoisotopic (exact) mass is 204 g/mol. The van der Waals surface area contributed by atoms with Crippen molar-refractivity contribution >= 4 is 11.6 Å². The van der Waals surface area contributed by atoms with Gasteiger partial charge in [-0.25, -0.2) is 0 Å². The van der Waals surface area contributed by atoms with E-state index in [2.05, 4.69) is 10.6 Å². The number of carbonyl (C=O) groups excluding carboxylic acids is 1. The van der Waals surface area contributed by atoms with E-state index in [-0.39, 0.29) is 11.8 Å². The molecule has 1 amide bonds. The van der Waals surface area contributed by atoms with Crippen LogP contribution in [0.5, 0.6) is 0 Å². The molecule has 1 aliphatic rings. The van der Waals surface area contributed by atoms with Crippen molar-refractivity contribution in [2.75, 3.05) is 18.4 Å². The summed E-state index contributed by atoms with van der Waals surface area (Å²) < 4.78 is 0. The van der Waals surface area contributed by atoms with Gasteiger partial charge in [-0.05, 0) is 31.5 Å². The molecule has 1 aromatic rings. The van der Waals surface area contributed by atoms with Crippen LogP contribution in [-0.2, 0) is 4.79 Å². The van der Waals surface area contributed by atoms with Gasteiger partial charge in [-0.2, -0.15) is 0 Å². The van der Waals surface area contributed by atoms with Crippen LogP contribution in [0.2, 0.25) is 0 Å². The first-order valence-electron chi connectivity index (χ1n) is 5.34. The summed E-state index contributed by atoms with van der Waals surface area (Å²) in [6, 6.07) is 7.86. The lowest BCUT2D eigenvalue weighted by Gasteiger charge is -2.11. The molecule has 1 atom stereocenters. The predicted molar refractivity (Wildman–Crippen MR) is 60.8 cm³/mol. The Labute approximate surface area is 89.9 Å². The van der Waals surface area contributed by atoms with Gasteiger partial charge in [0.05, 0.1) is 5.92 Å². The summed E-state index contributed by atoms with van der Waals surface area (Å²) in [5.41, 5.74) is 2.03. The van der Waals surface area contributed by atoms with Crippen molar-refractivity contribution < 1.29 is 4.79 Å². The first-order valence-corrected chi connectivity index (χ1v) is 5.34. The maximum absolute atomic E-state index is 11.8. The zero-order valence-electron chi connectivity index (χ0n) is 8.92. The molecular weight excluding hydrogens is 188 g/mol. The van der Waals surface area contributed by atoms with Gasteiger partial charge in [0.25, 0.3) is 0 Å². The van der Waals surface area contributed by atoms with E-state index < -0.39 is 0 Å². The summed E-state index contributed by atoms with van der Waals surface area (Å²) in [6.45, 7) is 3.76. The van der Waals surface area contributed by atoms with Gasteiger partial charge in [-0.3, -0.25) is 4.79 Å². The molecule has 1 aliphatic heterocycles. The van der Waals surface area contributed by atoms with E-state index in [0.717, 1.165) is 30.8 Å². The van der Waals surface area contributed by atoms with Gasteiger partial charge in [-0.15, -0.1) is 0 Å². The lowest BCUT2D eigenvalue weighted by atomic mass is 10.1. The van der Waals surface area contributed by atoms with Gasteiger partial charge >= 0.3 is 0 Å². The Hall–Kier alpha value is -1.35. The summed E-state index contributed by atoms with van der Waals surface area (Å²) >= 11 is 0. The summed E-state index contributed by atoms with van der Waals surface area (Å²) in [4.78, 5) is 11.8. The molecule has 0 aromatic heterocycles. The fraction of sp³-hybridized carbons (Fsp3) is 0.417. The van der Waals surface area contributed by atoms with E-state index in [4.69, 9.17) is 0 Å².